The maximum Gasteiger partial charge on any atom is 0.326 e. The van der Waals surface area contributed by atoms with Gasteiger partial charge in [-0.05, 0) is 84.8 Å². The predicted octanol–water partition coefficient (Wildman–Crippen LogP) is 7.39. The van der Waals surface area contributed by atoms with Crippen molar-refractivity contribution in [2.75, 3.05) is 16.8 Å². The highest BCUT2D eigenvalue weighted by atomic mass is 35.5. The lowest BCUT2D eigenvalue weighted by Gasteiger charge is -2.24. The monoisotopic (exact) mass is 565 g/mol. The van der Waals surface area contributed by atoms with Gasteiger partial charge in [0.1, 0.15) is 0 Å². The van der Waals surface area contributed by atoms with E-state index in [2.05, 4.69) is 16.7 Å². The molecular weight excluding hydrogens is 537 g/mol. The number of carbonyl (C=O) groups excluding carboxylic acids is 2. The van der Waals surface area contributed by atoms with Gasteiger partial charge >= 0.3 is 12.0 Å². The molecule has 0 radical (unpaired) electrons. The largest absolute Gasteiger partial charge is 0.481 e. The number of anilines is 2. The average molecular weight is 566 g/mol. The summed E-state index contributed by atoms with van der Waals surface area (Å²) in [5.41, 5.74) is 4.86. The zero-order valence-electron chi connectivity index (χ0n) is 21.3. The Morgan fingerprint density at radius 3 is 2.21 bits per heavy atom. The molecule has 0 atom stereocenters. The number of halogens is 2. The van der Waals surface area contributed by atoms with Crippen LogP contribution >= 0.6 is 23.2 Å². The molecule has 0 unspecified atom stereocenters. The molecule has 0 fully saturated rings. The van der Waals surface area contributed by atoms with Gasteiger partial charge in [0.25, 0.3) is 5.91 Å². The lowest BCUT2D eigenvalue weighted by Crippen LogP contribution is -2.34. The van der Waals surface area contributed by atoms with Crippen molar-refractivity contribution in [3.05, 3.63) is 99.5 Å². The van der Waals surface area contributed by atoms with Crippen molar-refractivity contribution < 1.29 is 19.5 Å². The summed E-state index contributed by atoms with van der Waals surface area (Å²) in [6.07, 6.45) is 6.66. The first-order valence-electron chi connectivity index (χ1n) is 12.7. The molecule has 3 N–H and O–H groups in total. The van der Waals surface area contributed by atoms with Crippen LogP contribution in [0.3, 0.4) is 0 Å². The Balaban J connectivity index is 1.54. The molecule has 9 heteroatoms. The summed E-state index contributed by atoms with van der Waals surface area (Å²) in [5.74, 6) is -1.34. The number of hydrogen-bond donors (Lipinski definition) is 3. The van der Waals surface area contributed by atoms with Gasteiger partial charge in [0.2, 0.25) is 0 Å². The first kappa shape index (κ1) is 28.2. The standard InChI is InChI=1S/C30H29Cl2N3O4/c31-24-16-25(32)18-26(17-24)34-30(39)35(27-12-10-22(11-13-27)21-4-2-1-3-5-21)19-20-6-8-23(9-7-20)29(38)33-15-14-28(36)37/h4,6-13,16-18H,1-3,5,14-15,19H2,(H,33,38)(H,34,39)(H,36,37). The van der Waals surface area contributed by atoms with Gasteiger partial charge in [-0.1, -0.05) is 53.5 Å². The van der Waals surface area contributed by atoms with Crippen molar-refractivity contribution in [3.63, 3.8) is 0 Å². The van der Waals surface area contributed by atoms with Crippen molar-refractivity contribution in [2.24, 2.45) is 0 Å². The SMILES string of the molecule is O=C(O)CCNC(=O)c1ccc(CN(C(=O)Nc2cc(Cl)cc(Cl)c2)c2ccc(C3=CCCCC3)cc2)cc1. The van der Waals surface area contributed by atoms with E-state index in [0.29, 0.717) is 27.0 Å². The summed E-state index contributed by atoms with van der Waals surface area (Å²) < 4.78 is 0. The number of aliphatic carboxylic acids is 1. The van der Waals surface area contributed by atoms with E-state index in [1.807, 2.05) is 24.3 Å². The van der Waals surface area contributed by atoms with E-state index in [9.17, 15) is 14.4 Å². The Labute approximate surface area is 237 Å². The highest BCUT2D eigenvalue weighted by Crippen LogP contribution is 2.29. The van der Waals surface area contributed by atoms with Gasteiger partial charge in [0.05, 0.1) is 13.0 Å². The fourth-order valence-corrected chi connectivity index (χ4v) is 4.91. The van der Waals surface area contributed by atoms with E-state index in [4.69, 9.17) is 28.3 Å². The molecule has 39 heavy (non-hydrogen) atoms. The fraction of sp³-hybridized carbons (Fsp3) is 0.233. The fourth-order valence-electron chi connectivity index (χ4n) is 4.38. The van der Waals surface area contributed by atoms with Crippen LogP contribution in [0.1, 0.15) is 53.6 Å². The summed E-state index contributed by atoms with van der Waals surface area (Å²) >= 11 is 12.2. The molecule has 202 valence electrons. The summed E-state index contributed by atoms with van der Waals surface area (Å²) in [7, 11) is 0. The first-order chi connectivity index (χ1) is 18.8. The number of carboxylic acids is 1. The number of urea groups is 1. The molecule has 0 aromatic heterocycles. The van der Waals surface area contributed by atoms with Crippen LogP contribution in [0.15, 0.2) is 72.8 Å². The van der Waals surface area contributed by atoms with Crippen LogP contribution in [-0.2, 0) is 11.3 Å². The Kier molecular flexibility index (Phi) is 9.63. The topological polar surface area (TPSA) is 98.7 Å². The van der Waals surface area contributed by atoms with Gasteiger partial charge in [-0.3, -0.25) is 14.5 Å². The predicted molar refractivity (Wildman–Crippen MR) is 156 cm³/mol. The van der Waals surface area contributed by atoms with Crippen LogP contribution in [0, 0.1) is 0 Å². The van der Waals surface area contributed by atoms with Crippen molar-refractivity contribution in [2.45, 2.75) is 38.6 Å². The second kappa shape index (κ2) is 13.3. The number of amides is 3. The summed E-state index contributed by atoms with van der Waals surface area (Å²) in [5, 5.41) is 15.0. The molecule has 0 spiro atoms. The van der Waals surface area contributed by atoms with E-state index < -0.39 is 5.97 Å². The van der Waals surface area contributed by atoms with Gasteiger partial charge in [-0.15, -0.1) is 0 Å². The molecular formula is C30H29Cl2N3O4. The van der Waals surface area contributed by atoms with Crippen LogP contribution in [-0.4, -0.2) is 29.6 Å². The third-order valence-corrected chi connectivity index (χ3v) is 6.82. The quantitative estimate of drug-likeness (QED) is 0.252. The minimum atomic E-state index is -0.979. The average Bonchev–Trinajstić information content (AvgIpc) is 2.92. The molecule has 1 aliphatic carbocycles. The summed E-state index contributed by atoms with van der Waals surface area (Å²) in [6.45, 7) is 0.285. The van der Waals surface area contributed by atoms with E-state index in [1.54, 1.807) is 47.4 Å². The zero-order chi connectivity index (χ0) is 27.8. The molecule has 0 saturated carbocycles. The van der Waals surface area contributed by atoms with Crippen molar-refractivity contribution in [1.82, 2.24) is 5.32 Å². The van der Waals surface area contributed by atoms with E-state index in [1.165, 1.54) is 18.4 Å². The molecule has 0 bridgehead atoms. The van der Waals surface area contributed by atoms with Gasteiger partial charge in [-0.2, -0.15) is 0 Å². The maximum atomic E-state index is 13.5. The van der Waals surface area contributed by atoms with Gasteiger partial charge in [-0.25, -0.2) is 4.79 Å². The smallest absolute Gasteiger partial charge is 0.326 e. The minimum Gasteiger partial charge on any atom is -0.481 e. The third kappa shape index (κ3) is 8.09. The zero-order valence-corrected chi connectivity index (χ0v) is 22.8. The number of carboxylic acid groups (broad SMARTS) is 1. The molecule has 0 heterocycles. The lowest BCUT2D eigenvalue weighted by molar-refractivity contribution is -0.136. The Morgan fingerprint density at radius 1 is 0.897 bits per heavy atom. The number of nitrogens with zero attached hydrogens (tertiary/aromatic N) is 1. The number of hydrogen-bond acceptors (Lipinski definition) is 3. The highest BCUT2D eigenvalue weighted by Gasteiger charge is 2.18. The number of carbonyl (C=O) groups is 3. The van der Waals surface area contributed by atoms with Crippen molar-refractivity contribution >= 4 is 58.1 Å². The van der Waals surface area contributed by atoms with Crippen molar-refractivity contribution in [1.29, 1.82) is 0 Å². The molecule has 3 amide bonds. The van der Waals surface area contributed by atoms with Crippen LogP contribution in [0.25, 0.3) is 5.57 Å². The Morgan fingerprint density at radius 2 is 1.59 bits per heavy atom. The lowest BCUT2D eigenvalue weighted by atomic mass is 9.93. The van der Waals surface area contributed by atoms with Gasteiger partial charge in [0, 0.05) is 33.5 Å². The van der Waals surface area contributed by atoms with E-state index in [0.717, 1.165) is 24.0 Å². The number of allylic oxidation sites excluding steroid dienone is 2. The van der Waals surface area contributed by atoms with E-state index >= 15 is 0 Å². The second-order valence-corrected chi connectivity index (χ2v) is 10.2. The summed E-state index contributed by atoms with van der Waals surface area (Å²) in [6, 6.07) is 19.2. The highest BCUT2D eigenvalue weighted by molar-refractivity contribution is 6.35. The van der Waals surface area contributed by atoms with Crippen LogP contribution < -0.4 is 15.5 Å². The normalized spacial score (nSPS) is 12.8. The summed E-state index contributed by atoms with van der Waals surface area (Å²) in [4.78, 5) is 38.1. The molecule has 4 rings (SSSR count). The first-order valence-corrected chi connectivity index (χ1v) is 13.5. The number of rotatable bonds is 9. The molecule has 0 saturated heterocycles. The van der Waals surface area contributed by atoms with Crippen LogP contribution in [0.5, 0.6) is 0 Å². The van der Waals surface area contributed by atoms with Gasteiger partial charge in [0.15, 0.2) is 0 Å². The second-order valence-electron chi connectivity index (χ2n) is 9.29. The van der Waals surface area contributed by atoms with Gasteiger partial charge < -0.3 is 15.7 Å². The number of benzene rings is 3. The molecule has 7 nitrogen and oxygen atoms in total. The minimum absolute atomic E-state index is 0.0459. The molecule has 3 aromatic rings. The Hall–Kier alpha value is -3.81. The maximum absolute atomic E-state index is 13.5. The van der Waals surface area contributed by atoms with E-state index in [-0.39, 0.29) is 31.4 Å². The Bertz CT molecular complexity index is 1350. The molecule has 3 aromatic carbocycles. The van der Waals surface area contributed by atoms with Crippen LogP contribution in [0.2, 0.25) is 10.0 Å². The van der Waals surface area contributed by atoms with Crippen molar-refractivity contribution in [3.8, 4) is 0 Å². The third-order valence-electron chi connectivity index (χ3n) is 6.38. The number of nitrogens with one attached hydrogen (secondary N) is 2. The molecule has 0 aliphatic heterocycles. The molecule has 1 aliphatic rings. The van der Waals surface area contributed by atoms with Crippen LogP contribution in [0.4, 0.5) is 16.2 Å².